The van der Waals surface area contributed by atoms with Gasteiger partial charge in [-0.3, -0.25) is 0 Å². The van der Waals surface area contributed by atoms with E-state index in [4.69, 9.17) is 10.2 Å². The van der Waals surface area contributed by atoms with Gasteiger partial charge in [-0.15, -0.1) is 0 Å². The summed E-state index contributed by atoms with van der Waals surface area (Å²) in [6, 6.07) is 11.7. The first kappa shape index (κ1) is 21.0. The second-order valence-corrected chi connectivity index (χ2v) is 7.73. The number of nitrogens with zero attached hydrogens (tertiary/aromatic N) is 3. The molecule has 0 fully saturated rings. The third-order valence-electron chi connectivity index (χ3n) is 3.93. The molecule has 0 aliphatic rings. The van der Waals surface area contributed by atoms with Crippen molar-refractivity contribution >= 4 is 27.1 Å². The summed E-state index contributed by atoms with van der Waals surface area (Å²) in [5, 5.41) is 29.5. The molecule has 8 nitrogen and oxygen atoms in total. The first-order chi connectivity index (χ1) is 12.9. The molecule has 27 heavy (non-hydrogen) atoms. The van der Waals surface area contributed by atoms with Gasteiger partial charge >= 0.3 is 0 Å². The second-order valence-electron chi connectivity index (χ2n) is 5.80. The lowest BCUT2D eigenvalue weighted by Gasteiger charge is -2.20. The zero-order chi connectivity index (χ0) is 19.9. The summed E-state index contributed by atoms with van der Waals surface area (Å²) in [7, 11) is -1.95. The average molecular weight is 392 g/mol. The highest BCUT2D eigenvalue weighted by atomic mass is 32.2. The van der Waals surface area contributed by atoms with E-state index in [0.717, 1.165) is 21.2 Å². The Bertz CT molecular complexity index is 877. The monoisotopic (exact) mass is 392 g/mol. The number of sulfonamides is 1. The van der Waals surface area contributed by atoms with Crippen molar-refractivity contribution in [2.24, 2.45) is 10.2 Å². The van der Waals surface area contributed by atoms with Crippen LogP contribution in [0.5, 0.6) is 0 Å². The third-order valence-corrected chi connectivity index (χ3v) is 5.84. The highest BCUT2D eigenvalue weighted by molar-refractivity contribution is 7.89. The normalized spacial score (nSPS) is 12.0. The highest BCUT2D eigenvalue weighted by Crippen LogP contribution is 2.25. The van der Waals surface area contributed by atoms with Crippen molar-refractivity contribution in [2.45, 2.75) is 11.8 Å². The molecular formula is C18H24N4O4S. The van der Waals surface area contributed by atoms with Crippen LogP contribution in [0.3, 0.4) is 0 Å². The summed E-state index contributed by atoms with van der Waals surface area (Å²) in [4.78, 5) is 0.0675. The van der Waals surface area contributed by atoms with E-state index < -0.39 is 10.0 Å². The first-order valence-corrected chi connectivity index (χ1v) is 9.88. The first-order valence-electron chi connectivity index (χ1n) is 8.44. The van der Waals surface area contributed by atoms with Crippen LogP contribution in [0.4, 0.5) is 17.1 Å². The van der Waals surface area contributed by atoms with Gasteiger partial charge in [0.05, 0.1) is 29.5 Å². The van der Waals surface area contributed by atoms with Crippen LogP contribution in [0.25, 0.3) is 0 Å². The Kier molecular flexibility index (Phi) is 7.43. The molecule has 0 amide bonds. The van der Waals surface area contributed by atoms with Gasteiger partial charge in [-0.2, -0.15) is 14.5 Å². The summed E-state index contributed by atoms with van der Waals surface area (Å²) in [5.74, 6) is 0. The Morgan fingerprint density at radius 3 is 2.15 bits per heavy atom. The van der Waals surface area contributed by atoms with Crippen LogP contribution in [0.2, 0.25) is 0 Å². The van der Waals surface area contributed by atoms with Crippen molar-refractivity contribution < 1.29 is 18.6 Å². The van der Waals surface area contributed by atoms with Crippen molar-refractivity contribution in [1.29, 1.82) is 0 Å². The number of azo groups is 1. The molecule has 0 radical (unpaired) electrons. The standard InChI is InChI=1S/C18H24N4O4S/c1-14-13-16(19-2)5-8-18(14)21-20-15-3-6-17(7-4-15)27(25,26)22(9-11-23)10-12-24/h3-8,13,19,23-24H,9-12H2,1-2H3. The van der Waals surface area contributed by atoms with Crippen LogP contribution in [0.1, 0.15) is 5.56 Å². The van der Waals surface area contributed by atoms with Gasteiger partial charge in [0.1, 0.15) is 0 Å². The van der Waals surface area contributed by atoms with Crippen LogP contribution in [-0.4, -0.2) is 56.3 Å². The Labute approximate surface area is 159 Å². The fraction of sp³-hybridized carbons (Fsp3) is 0.333. The maximum atomic E-state index is 12.6. The minimum absolute atomic E-state index is 0.0675. The molecule has 0 spiro atoms. The molecule has 0 aliphatic carbocycles. The van der Waals surface area contributed by atoms with Gasteiger partial charge in [0.2, 0.25) is 10.0 Å². The van der Waals surface area contributed by atoms with Crippen molar-refractivity contribution in [3.05, 3.63) is 48.0 Å². The third kappa shape index (κ3) is 5.33. The molecule has 3 N–H and O–H groups in total. The van der Waals surface area contributed by atoms with Crippen molar-refractivity contribution in [2.75, 3.05) is 38.7 Å². The maximum absolute atomic E-state index is 12.6. The van der Waals surface area contributed by atoms with Gasteiger partial charge in [0.15, 0.2) is 0 Å². The number of aryl methyl sites for hydroxylation is 1. The molecule has 9 heteroatoms. The zero-order valence-corrected chi connectivity index (χ0v) is 16.1. The molecule has 0 unspecified atom stereocenters. The van der Waals surface area contributed by atoms with Crippen molar-refractivity contribution in [3.8, 4) is 0 Å². The molecule has 0 aliphatic heterocycles. The summed E-state index contributed by atoms with van der Waals surface area (Å²) in [6.07, 6.45) is 0. The maximum Gasteiger partial charge on any atom is 0.243 e. The molecule has 146 valence electrons. The zero-order valence-electron chi connectivity index (χ0n) is 15.3. The number of aliphatic hydroxyl groups excluding tert-OH is 2. The number of hydrogen-bond donors (Lipinski definition) is 3. The Morgan fingerprint density at radius 1 is 1.00 bits per heavy atom. The van der Waals surface area contributed by atoms with Crippen LogP contribution < -0.4 is 5.32 Å². The lowest BCUT2D eigenvalue weighted by Crippen LogP contribution is -2.35. The molecule has 0 heterocycles. The molecule has 2 rings (SSSR count). The topological polar surface area (TPSA) is 115 Å². The Balaban J connectivity index is 2.19. The SMILES string of the molecule is CNc1ccc(N=Nc2ccc(S(=O)(=O)N(CCO)CCO)cc2)c(C)c1. The molecule has 0 saturated heterocycles. The van der Waals surface area contributed by atoms with Gasteiger partial charge in [-0.25, -0.2) is 8.42 Å². The number of hydrogen-bond acceptors (Lipinski definition) is 7. The van der Waals surface area contributed by atoms with Gasteiger partial charge in [-0.05, 0) is 55.0 Å². The number of rotatable bonds is 9. The molecule has 2 aromatic rings. The van der Waals surface area contributed by atoms with Gasteiger partial charge in [-0.1, -0.05) is 0 Å². The predicted octanol–water partition coefficient (Wildman–Crippen LogP) is 2.43. The Hall–Kier alpha value is -2.33. The van der Waals surface area contributed by atoms with E-state index in [-0.39, 0.29) is 31.2 Å². The van der Waals surface area contributed by atoms with Crippen molar-refractivity contribution in [3.63, 3.8) is 0 Å². The molecule has 0 saturated carbocycles. The number of nitrogens with one attached hydrogen (secondary N) is 1. The molecule has 2 aromatic carbocycles. The molecular weight excluding hydrogens is 368 g/mol. The fourth-order valence-electron chi connectivity index (χ4n) is 2.44. The lowest BCUT2D eigenvalue weighted by atomic mass is 10.2. The largest absolute Gasteiger partial charge is 0.395 e. The average Bonchev–Trinajstić information content (AvgIpc) is 2.67. The summed E-state index contributed by atoms with van der Waals surface area (Å²) in [5.41, 5.74) is 3.19. The van der Waals surface area contributed by atoms with E-state index in [0.29, 0.717) is 5.69 Å². The highest BCUT2D eigenvalue weighted by Gasteiger charge is 2.23. The van der Waals surface area contributed by atoms with E-state index in [2.05, 4.69) is 15.5 Å². The molecule has 0 bridgehead atoms. The van der Waals surface area contributed by atoms with Crippen LogP contribution in [0.15, 0.2) is 57.6 Å². The number of aliphatic hydroxyl groups is 2. The molecule has 0 aromatic heterocycles. The van der Waals surface area contributed by atoms with Crippen LogP contribution in [-0.2, 0) is 10.0 Å². The van der Waals surface area contributed by atoms with E-state index in [1.807, 2.05) is 32.2 Å². The smallest absolute Gasteiger partial charge is 0.243 e. The number of benzene rings is 2. The van der Waals surface area contributed by atoms with Crippen LogP contribution in [0, 0.1) is 6.92 Å². The summed E-state index contributed by atoms with van der Waals surface area (Å²) < 4.78 is 26.1. The van der Waals surface area contributed by atoms with Crippen molar-refractivity contribution in [1.82, 2.24) is 4.31 Å². The minimum Gasteiger partial charge on any atom is -0.395 e. The fourth-order valence-corrected chi connectivity index (χ4v) is 3.87. The van der Waals surface area contributed by atoms with E-state index in [1.165, 1.54) is 12.1 Å². The van der Waals surface area contributed by atoms with E-state index in [9.17, 15) is 8.42 Å². The van der Waals surface area contributed by atoms with Gasteiger partial charge in [0, 0.05) is 25.8 Å². The van der Waals surface area contributed by atoms with Gasteiger partial charge < -0.3 is 15.5 Å². The van der Waals surface area contributed by atoms with E-state index in [1.54, 1.807) is 12.1 Å². The Morgan fingerprint density at radius 2 is 1.63 bits per heavy atom. The molecule has 0 atom stereocenters. The van der Waals surface area contributed by atoms with E-state index >= 15 is 0 Å². The minimum atomic E-state index is -3.79. The summed E-state index contributed by atoms with van der Waals surface area (Å²) >= 11 is 0. The van der Waals surface area contributed by atoms with Crippen LogP contribution >= 0.6 is 0 Å². The predicted molar refractivity (Wildman–Crippen MR) is 104 cm³/mol. The summed E-state index contributed by atoms with van der Waals surface area (Å²) in [6.45, 7) is 1.13. The lowest BCUT2D eigenvalue weighted by molar-refractivity contribution is 0.217. The quantitative estimate of drug-likeness (QED) is 0.567. The second kappa shape index (κ2) is 9.56. The number of anilines is 1. The van der Waals surface area contributed by atoms with Gasteiger partial charge in [0.25, 0.3) is 0 Å².